The molecule has 0 N–H and O–H groups in total. The number of rotatable bonds is 4. The van der Waals surface area contributed by atoms with E-state index in [1.807, 2.05) is 34.6 Å². The topological polar surface area (TPSA) is 18.5 Å². The van der Waals surface area contributed by atoms with Gasteiger partial charge in [0.1, 0.15) is 0 Å². The zero-order valence-corrected chi connectivity index (χ0v) is 15.8. The molecule has 0 aliphatic carbocycles. The van der Waals surface area contributed by atoms with Gasteiger partial charge in [-0.3, -0.25) is 0 Å². The monoisotopic (exact) mass is 290 g/mol. The summed E-state index contributed by atoms with van der Waals surface area (Å²) in [5.41, 5.74) is 0. The summed E-state index contributed by atoms with van der Waals surface area (Å²) in [6.45, 7) is 21.6. The lowest BCUT2D eigenvalue weighted by Gasteiger charge is -2.23. The molecular weight excluding hydrogens is 248 g/mol. The molecule has 1 aliphatic rings. The normalized spacial score (nSPS) is 22.1. The lowest BCUT2D eigenvalue weighted by Crippen LogP contribution is -2.20. The van der Waals surface area contributed by atoms with Crippen molar-refractivity contribution in [1.29, 1.82) is 0 Å². The fourth-order valence-corrected chi connectivity index (χ4v) is 1.66. The van der Waals surface area contributed by atoms with Gasteiger partial charge in [-0.25, -0.2) is 0 Å². The molecule has 0 spiro atoms. The van der Waals surface area contributed by atoms with Crippen LogP contribution in [0.4, 0.5) is 0 Å². The van der Waals surface area contributed by atoms with Crippen LogP contribution in [0.3, 0.4) is 0 Å². The van der Waals surface area contributed by atoms with E-state index in [0.29, 0.717) is 6.10 Å². The fourth-order valence-electron chi connectivity index (χ4n) is 1.66. The summed E-state index contributed by atoms with van der Waals surface area (Å²) in [6, 6.07) is 0. The molecule has 0 aromatic carbocycles. The van der Waals surface area contributed by atoms with Crippen LogP contribution in [0.25, 0.3) is 0 Å². The Kier molecular flexibility index (Phi) is 26.4. The average Bonchev–Trinajstić information content (AvgIpc) is 2.49. The van der Waals surface area contributed by atoms with Crippen molar-refractivity contribution in [3.8, 4) is 0 Å². The summed E-state index contributed by atoms with van der Waals surface area (Å²) in [5, 5.41) is 0. The van der Waals surface area contributed by atoms with Gasteiger partial charge in [-0.2, -0.15) is 0 Å². The van der Waals surface area contributed by atoms with Gasteiger partial charge in [0.2, 0.25) is 0 Å². The zero-order valence-electron chi connectivity index (χ0n) is 15.8. The minimum Gasteiger partial charge on any atom is -0.381 e. The highest BCUT2D eigenvalue weighted by Gasteiger charge is 2.13. The van der Waals surface area contributed by atoms with Crippen molar-refractivity contribution < 1.29 is 9.47 Å². The highest BCUT2D eigenvalue weighted by atomic mass is 16.5. The average molecular weight is 291 g/mol. The highest BCUT2D eigenvalue weighted by molar-refractivity contribution is 4.63. The quantitative estimate of drug-likeness (QED) is 0.637. The van der Waals surface area contributed by atoms with Gasteiger partial charge in [-0.15, -0.1) is 0 Å². The van der Waals surface area contributed by atoms with Crippen LogP contribution in [0.1, 0.15) is 81.6 Å². The Morgan fingerprint density at radius 3 is 1.95 bits per heavy atom. The van der Waals surface area contributed by atoms with Crippen molar-refractivity contribution >= 4 is 0 Å². The van der Waals surface area contributed by atoms with Crippen LogP contribution >= 0.6 is 0 Å². The van der Waals surface area contributed by atoms with E-state index in [0.717, 1.165) is 31.7 Å². The van der Waals surface area contributed by atoms with Crippen molar-refractivity contribution in [2.45, 2.75) is 87.7 Å². The van der Waals surface area contributed by atoms with Crippen LogP contribution in [0, 0.1) is 11.8 Å². The van der Waals surface area contributed by atoms with E-state index in [4.69, 9.17) is 9.47 Å². The van der Waals surface area contributed by atoms with E-state index in [1.54, 1.807) is 0 Å². The molecule has 0 aromatic rings. The van der Waals surface area contributed by atoms with Crippen molar-refractivity contribution in [3.05, 3.63) is 0 Å². The zero-order chi connectivity index (χ0) is 16.4. The van der Waals surface area contributed by atoms with Crippen molar-refractivity contribution in [1.82, 2.24) is 0 Å². The molecule has 0 radical (unpaired) electrons. The van der Waals surface area contributed by atoms with Gasteiger partial charge in [0.15, 0.2) is 0 Å². The third-order valence-corrected chi connectivity index (χ3v) is 3.05. The summed E-state index contributed by atoms with van der Waals surface area (Å²) in [4.78, 5) is 0. The molecule has 2 nitrogen and oxygen atoms in total. The Hall–Kier alpha value is -0.0800. The molecule has 0 saturated carbocycles. The first-order valence-electron chi connectivity index (χ1n) is 8.79. The van der Waals surface area contributed by atoms with Gasteiger partial charge in [0, 0.05) is 19.8 Å². The highest BCUT2D eigenvalue weighted by Crippen LogP contribution is 2.18. The Labute approximate surface area is 129 Å². The van der Waals surface area contributed by atoms with Crippen LogP contribution in [0.15, 0.2) is 0 Å². The minimum absolute atomic E-state index is 0.513. The summed E-state index contributed by atoms with van der Waals surface area (Å²) < 4.78 is 10.5. The van der Waals surface area contributed by atoms with E-state index >= 15 is 0 Å². The number of hydrogen-bond acceptors (Lipinski definition) is 2. The molecule has 0 aromatic heterocycles. The summed E-state index contributed by atoms with van der Waals surface area (Å²) in [7, 11) is 0. The van der Waals surface area contributed by atoms with Gasteiger partial charge < -0.3 is 9.47 Å². The molecule has 1 aliphatic heterocycles. The molecule has 0 amide bonds. The second-order valence-corrected chi connectivity index (χ2v) is 4.98. The molecule has 0 bridgehead atoms. The van der Waals surface area contributed by atoms with E-state index in [2.05, 4.69) is 27.7 Å². The Morgan fingerprint density at radius 2 is 1.65 bits per heavy atom. The van der Waals surface area contributed by atoms with E-state index in [1.165, 1.54) is 19.3 Å². The van der Waals surface area contributed by atoms with Crippen LogP contribution < -0.4 is 0 Å². The standard InChI is InChI=1S/C7H14O.C7H16O.2C2H6/c1-6-3-4-8-7(2)5-6;1-4-7(3)6-8-5-2;2*1-2/h6-7H,3-5H2,1-2H3;7H,4-6H2,1-3H3;2*1-2H3/t6?,7-;7-;;/m01../s1. The maximum absolute atomic E-state index is 5.35. The summed E-state index contributed by atoms with van der Waals surface area (Å²) >= 11 is 0. The molecule has 1 rings (SSSR count). The third kappa shape index (κ3) is 20.2. The molecule has 20 heavy (non-hydrogen) atoms. The summed E-state index contributed by atoms with van der Waals surface area (Å²) in [6.07, 6.45) is 4.24. The SMILES string of the molecule is CC.CC.CC1CCO[C@@H](C)C1.CCOC[C@H](C)CC. The van der Waals surface area contributed by atoms with Gasteiger partial charge >= 0.3 is 0 Å². The minimum atomic E-state index is 0.513. The molecule has 1 fully saturated rings. The Balaban J connectivity index is -0.000000231. The predicted octanol–water partition coefficient (Wildman–Crippen LogP) is 5.94. The van der Waals surface area contributed by atoms with E-state index in [9.17, 15) is 0 Å². The number of ether oxygens (including phenoxy) is 2. The molecule has 3 atom stereocenters. The van der Waals surface area contributed by atoms with Crippen LogP contribution in [-0.2, 0) is 9.47 Å². The largest absolute Gasteiger partial charge is 0.381 e. The Morgan fingerprint density at radius 1 is 1.10 bits per heavy atom. The molecule has 126 valence electrons. The van der Waals surface area contributed by atoms with Crippen LogP contribution in [-0.4, -0.2) is 25.9 Å². The molecule has 1 unspecified atom stereocenters. The van der Waals surface area contributed by atoms with E-state index < -0.39 is 0 Å². The van der Waals surface area contributed by atoms with E-state index in [-0.39, 0.29) is 0 Å². The lowest BCUT2D eigenvalue weighted by molar-refractivity contribution is 0.00682. The van der Waals surface area contributed by atoms with Gasteiger partial charge in [-0.05, 0) is 38.5 Å². The molecule has 2 heteroatoms. The maximum Gasteiger partial charge on any atom is 0.0549 e. The second kappa shape index (κ2) is 21.2. The molecule has 1 saturated heterocycles. The smallest absolute Gasteiger partial charge is 0.0549 e. The Bertz CT molecular complexity index is 140. The molecule has 1 heterocycles. The first kappa shape index (κ1) is 24.9. The van der Waals surface area contributed by atoms with Crippen LogP contribution in [0.5, 0.6) is 0 Å². The first-order valence-corrected chi connectivity index (χ1v) is 8.79. The molecular formula is C18H42O2. The van der Waals surface area contributed by atoms with Gasteiger partial charge in [-0.1, -0.05) is 54.9 Å². The third-order valence-electron chi connectivity index (χ3n) is 3.05. The van der Waals surface area contributed by atoms with Crippen LogP contribution in [0.2, 0.25) is 0 Å². The summed E-state index contributed by atoms with van der Waals surface area (Å²) in [5.74, 6) is 1.62. The maximum atomic E-state index is 5.35. The van der Waals surface area contributed by atoms with Crippen molar-refractivity contribution in [2.24, 2.45) is 11.8 Å². The number of hydrogen-bond donors (Lipinski definition) is 0. The first-order chi connectivity index (χ1) is 9.60. The fraction of sp³-hybridized carbons (Fsp3) is 1.00. The van der Waals surface area contributed by atoms with Gasteiger partial charge in [0.05, 0.1) is 6.10 Å². The second-order valence-electron chi connectivity index (χ2n) is 4.98. The lowest BCUT2D eigenvalue weighted by atomic mass is 9.99. The van der Waals surface area contributed by atoms with Crippen molar-refractivity contribution in [2.75, 3.05) is 19.8 Å². The van der Waals surface area contributed by atoms with Gasteiger partial charge in [0.25, 0.3) is 0 Å². The predicted molar refractivity (Wildman–Crippen MR) is 92.5 cm³/mol. The van der Waals surface area contributed by atoms with Crippen molar-refractivity contribution in [3.63, 3.8) is 0 Å².